The quantitative estimate of drug-likeness (QED) is 0.280. The first-order valence-corrected chi connectivity index (χ1v) is 10.5. The minimum Gasteiger partial charge on any atom is -0.497 e. The van der Waals surface area contributed by atoms with E-state index in [2.05, 4.69) is 20.8 Å². The number of carbonyl (C=O) groups is 1. The number of methoxy groups -OCH3 is 2. The van der Waals surface area contributed by atoms with E-state index in [0.717, 1.165) is 16.5 Å². The highest BCUT2D eigenvalue weighted by molar-refractivity contribution is 5.92. The Labute approximate surface area is 197 Å². The monoisotopic (exact) mass is 456 g/mol. The lowest BCUT2D eigenvalue weighted by atomic mass is 10.2. The summed E-state index contributed by atoms with van der Waals surface area (Å²) in [6, 6.07) is 24.1. The predicted molar refractivity (Wildman–Crippen MR) is 133 cm³/mol. The number of pyridine rings is 1. The van der Waals surface area contributed by atoms with Crippen molar-refractivity contribution in [3.63, 3.8) is 0 Å². The fraction of sp³-hybridized carbons (Fsp3) is 0.115. The van der Waals surface area contributed by atoms with Gasteiger partial charge in [0.05, 0.1) is 26.0 Å². The lowest BCUT2D eigenvalue weighted by Gasteiger charge is -2.11. The average molecular weight is 457 g/mol. The van der Waals surface area contributed by atoms with E-state index in [0.29, 0.717) is 28.8 Å². The van der Waals surface area contributed by atoms with E-state index < -0.39 is 0 Å². The van der Waals surface area contributed by atoms with Crippen molar-refractivity contribution in [1.29, 1.82) is 0 Å². The zero-order chi connectivity index (χ0) is 23.8. The molecule has 0 fully saturated rings. The molecule has 2 N–H and O–H groups in total. The summed E-state index contributed by atoms with van der Waals surface area (Å²) in [5, 5.41) is 8.09. The van der Waals surface area contributed by atoms with Crippen molar-refractivity contribution < 1.29 is 19.0 Å². The van der Waals surface area contributed by atoms with Crippen LogP contribution in [0.3, 0.4) is 0 Å². The van der Waals surface area contributed by atoms with E-state index in [1.165, 1.54) is 7.11 Å². The molecule has 1 aromatic heterocycles. The lowest BCUT2D eigenvalue weighted by molar-refractivity contribution is -0.118. The summed E-state index contributed by atoms with van der Waals surface area (Å²) in [6.45, 7) is -0.162. The molecule has 3 aromatic carbocycles. The molecule has 0 atom stereocenters. The van der Waals surface area contributed by atoms with E-state index in [-0.39, 0.29) is 12.5 Å². The second-order valence-corrected chi connectivity index (χ2v) is 7.23. The van der Waals surface area contributed by atoms with Gasteiger partial charge < -0.3 is 19.5 Å². The van der Waals surface area contributed by atoms with Crippen LogP contribution in [-0.2, 0) is 4.79 Å². The molecule has 0 aliphatic rings. The summed E-state index contributed by atoms with van der Waals surface area (Å²) in [4.78, 5) is 16.7. The van der Waals surface area contributed by atoms with Crippen LogP contribution in [0.15, 0.2) is 84.0 Å². The summed E-state index contributed by atoms with van der Waals surface area (Å²) < 4.78 is 16.2. The molecule has 8 nitrogen and oxygen atoms in total. The van der Waals surface area contributed by atoms with Gasteiger partial charge in [-0.15, -0.1) is 0 Å². The first-order valence-electron chi connectivity index (χ1n) is 10.5. The molecule has 0 spiro atoms. The van der Waals surface area contributed by atoms with Gasteiger partial charge in [-0.3, -0.25) is 10.2 Å². The molecule has 0 radical (unpaired) electrons. The number of rotatable bonds is 9. The largest absolute Gasteiger partial charge is 0.497 e. The number of nitrogens with zero attached hydrogens (tertiary/aromatic N) is 2. The van der Waals surface area contributed by atoms with E-state index in [9.17, 15) is 4.79 Å². The number of carbonyl (C=O) groups excluding carboxylic acids is 1. The highest BCUT2D eigenvalue weighted by Crippen LogP contribution is 2.27. The third-order valence-electron chi connectivity index (χ3n) is 4.91. The topological polar surface area (TPSA) is 94.1 Å². The maximum Gasteiger partial charge on any atom is 0.262 e. The van der Waals surface area contributed by atoms with Crippen molar-refractivity contribution >= 4 is 34.5 Å². The van der Waals surface area contributed by atoms with E-state index in [1.54, 1.807) is 49.7 Å². The van der Waals surface area contributed by atoms with Gasteiger partial charge >= 0.3 is 0 Å². The van der Waals surface area contributed by atoms with Gasteiger partial charge in [-0.2, -0.15) is 5.10 Å². The fourth-order valence-corrected chi connectivity index (χ4v) is 3.20. The number of benzene rings is 3. The van der Waals surface area contributed by atoms with Crippen LogP contribution in [0, 0.1) is 0 Å². The number of nitrogens with one attached hydrogen (secondary N) is 2. The van der Waals surface area contributed by atoms with Crippen LogP contribution in [0.1, 0.15) is 5.56 Å². The Morgan fingerprint density at radius 2 is 1.76 bits per heavy atom. The zero-order valence-corrected chi connectivity index (χ0v) is 18.8. The Balaban J connectivity index is 1.34. The number of para-hydroxylation sites is 1. The van der Waals surface area contributed by atoms with Gasteiger partial charge in [-0.1, -0.05) is 18.2 Å². The molecule has 34 heavy (non-hydrogen) atoms. The van der Waals surface area contributed by atoms with Crippen LogP contribution in [-0.4, -0.2) is 37.9 Å². The third kappa shape index (κ3) is 5.80. The molecule has 0 saturated heterocycles. The Hall–Kier alpha value is -4.59. The van der Waals surface area contributed by atoms with Gasteiger partial charge in [-0.05, 0) is 66.2 Å². The Kier molecular flexibility index (Phi) is 7.19. The molecule has 0 aliphatic heterocycles. The number of hydrogen-bond donors (Lipinski definition) is 2. The standard InChI is InChI=1S/C26H24N4O4/c1-32-21-11-9-20(10-12-21)28-26(31)17-34-23-13-7-18(15-24(23)33-2)16-27-30-25-14-8-19-5-3-4-6-22(19)29-25/h3-16H,17H2,1-2H3,(H,28,31)(H,29,30). The van der Waals surface area contributed by atoms with Crippen LogP contribution in [0.4, 0.5) is 11.5 Å². The number of fused-ring (bicyclic) bond motifs is 1. The molecule has 0 aliphatic carbocycles. The average Bonchev–Trinajstić information content (AvgIpc) is 2.88. The molecular weight excluding hydrogens is 432 g/mol. The van der Waals surface area contributed by atoms with Crippen molar-refractivity contribution in [3.05, 3.63) is 84.4 Å². The van der Waals surface area contributed by atoms with Gasteiger partial charge in [0.25, 0.3) is 5.91 Å². The number of aromatic nitrogens is 1. The SMILES string of the molecule is COc1ccc(NC(=O)COc2ccc(C=NNc3ccc4ccccc4n3)cc2OC)cc1. The molecule has 4 rings (SSSR count). The smallest absolute Gasteiger partial charge is 0.262 e. The van der Waals surface area contributed by atoms with Crippen LogP contribution in [0.2, 0.25) is 0 Å². The number of hydrazone groups is 1. The van der Waals surface area contributed by atoms with Gasteiger partial charge in [0.15, 0.2) is 18.1 Å². The highest BCUT2D eigenvalue weighted by Gasteiger charge is 2.09. The Bertz CT molecular complexity index is 1310. The van der Waals surface area contributed by atoms with Crippen LogP contribution < -0.4 is 25.0 Å². The number of amides is 1. The summed E-state index contributed by atoms with van der Waals surface area (Å²) in [5.74, 6) is 2.01. The third-order valence-corrected chi connectivity index (χ3v) is 4.91. The molecule has 0 bridgehead atoms. The minimum absolute atomic E-state index is 0.162. The Morgan fingerprint density at radius 3 is 2.56 bits per heavy atom. The van der Waals surface area contributed by atoms with Crippen LogP contribution >= 0.6 is 0 Å². The number of hydrogen-bond acceptors (Lipinski definition) is 7. The summed E-state index contributed by atoms with van der Waals surface area (Å²) in [6.07, 6.45) is 1.65. The minimum atomic E-state index is -0.287. The summed E-state index contributed by atoms with van der Waals surface area (Å²) in [5.41, 5.74) is 5.27. The van der Waals surface area contributed by atoms with Crippen LogP contribution in [0.25, 0.3) is 10.9 Å². The van der Waals surface area contributed by atoms with Gasteiger partial charge in [-0.25, -0.2) is 4.98 Å². The van der Waals surface area contributed by atoms with Crippen molar-refractivity contribution in [1.82, 2.24) is 4.98 Å². The fourth-order valence-electron chi connectivity index (χ4n) is 3.20. The molecule has 8 heteroatoms. The van der Waals surface area contributed by atoms with Crippen molar-refractivity contribution in [2.75, 3.05) is 31.6 Å². The molecule has 172 valence electrons. The molecular formula is C26H24N4O4. The second-order valence-electron chi connectivity index (χ2n) is 7.23. The summed E-state index contributed by atoms with van der Waals surface area (Å²) in [7, 11) is 3.13. The molecule has 0 saturated carbocycles. The van der Waals surface area contributed by atoms with Gasteiger partial charge in [0.2, 0.25) is 0 Å². The maximum atomic E-state index is 12.2. The first-order chi connectivity index (χ1) is 16.6. The molecule has 1 amide bonds. The van der Waals surface area contributed by atoms with E-state index >= 15 is 0 Å². The normalized spacial score (nSPS) is 10.8. The van der Waals surface area contributed by atoms with Crippen molar-refractivity contribution in [3.8, 4) is 17.2 Å². The zero-order valence-electron chi connectivity index (χ0n) is 18.8. The maximum absolute atomic E-state index is 12.2. The van der Waals surface area contributed by atoms with Crippen LogP contribution in [0.5, 0.6) is 17.2 Å². The molecule has 1 heterocycles. The highest BCUT2D eigenvalue weighted by atomic mass is 16.5. The molecule has 0 unspecified atom stereocenters. The van der Waals surface area contributed by atoms with E-state index in [1.807, 2.05) is 42.5 Å². The molecule has 4 aromatic rings. The van der Waals surface area contributed by atoms with Crippen molar-refractivity contribution in [2.45, 2.75) is 0 Å². The number of ether oxygens (including phenoxy) is 3. The summed E-state index contributed by atoms with van der Waals surface area (Å²) >= 11 is 0. The van der Waals surface area contributed by atoms with E-state index in [4.69, 9.17) is 14.2 Å². The number of anilines is 2. The predicted octanol–water partition coefficient (Wildman–Crippen LogP) is 4.72. The van der Waals surface area contributed by atoms with Gasteiger partial charge in [0, 0.05) is 11.1 Å². The Morgan fingerprint density at radius 1 is 0.941 bits per heavy atom. The van der Waals surface area contributed by atoms with Gasteiger partial charge in [0.1, 0.15) is 11.6 Å². The first kappa shape index (κ1) is 22.6. The second kappa shape index (κ2) is 10.8. The lowest BCUT2D eigenvalue weighted by Crippen LogP contribution is -2.20. The van der Waals surface area contributed by atoms with Crippen molar-refractivity contribution in [2.24, 2.45) is 5.10 Å².